The smallest absolute Gasteiger partial charge is 0.269 e. The van der Waals surface area contributed by atoms with Crippen molar-refractivity contribution in [3.63, 3.8) is 0 Å². The quantitative estimate of drug-likeness (QED) is 0.893. The zero-order valence-corrected chi connectivity index (χ0v) is 11.3. The van der Waals surface area contributed by atoms with Crippen molar-refractivity contribution in [2.75, 3.05) is 19.0 Å². The molecule has 19 heavy (non-hydrogen) atoms. The summed E-state index contributed by atoms with van der Waals surface area (Å²) in [6.45, 7) is 0. The van der Waals surface area contributed by atoms with Crippen molar-refractivity contribution in [1.82, 2.24) is 10.3 Å². The van der Waals surface area contributed by atoms with Gasteiger partial charge in [-0.1, -0.05) is 0 Å². The lowest BCUT2D eigenvalue weighted by Crippen LogP contribution is -2.35. The van der Waals surface area contributed by atoms with Crippen LogP contribution in [0, 0.1) is 0 Å². The number of amides is 1. The molecule has 1 aromatic rings. The second-order valence-corrected chi connectivity index (χ2v) is 4.86. The van der Waals surface area contributed by atoms with E-state index in [0.717, 1.165) is 18.5 Å². The van der Waals surface area contributed by atoms with E-state index in [1.54, 1.807) is 19.3 Å². The zero-order chi connectivity index (χ0) is 13.8. The van der Waals surface area contributed by atoms with Crippen LogP contribution in [0.3, 0.4) is 0 Å². The van der Waals surface area contributed by atoms with Crippen molar-refractivity contribution in [3.05, 3.63) is 24.0 Å². The van der Waals surface area contributed by atoms with E-state index >= 15 is 0 Å². The molecule has 0 spiro atoms. The molecule has 1 heterocycles. The predicted octanol–water partition coefficient (Wildman–Crippen LogP) is 1.39. The maximum absolute atomic E-state index is 11.6. The van der Waals surface area contributed by atoms with E-state index in [2.05, 4.69) is 15.2 Å². The van der Waals surface area contributed by atoms with E-state index in [4.69, 9.17) is 0 Å². The standard InChI is InChI=1S/C14H19N3O2/c1-15-14(19)13-9-11(7-8-16-13)17(2)10-3-5-12(18)6-4-10/h7-10H,3-6H2,1-2H3,(H,15,19). The van der Waals surface area contributed by atoms with Gasteiger partial charge in [-0.05, 0) is 25.0 Å². The fourth-order valence-corrected chi connectivity index (χ4v) is 2.41. The number of hydrogen-bond donors (Lipinski definition) is 1. The number of carbonyl (C=O) groups excluding carboxylic acids is 2. The van der Waals surface area contributed by atoms with Crippen LogP contribution in [0.5, 0.6) is 0 Å². The summed E-state index contributed by atoms with van der Waals surface area (Å²) in [6, 6.07) is 4.04. The molecule has 2 rings (SSSR count). The number of anilines is 1. The summed E-state index contributed by atoms with van der Waals surface area (Å²) in [5, 5.41) is 2.57. The van der Waals surface area contributed by atoms with Gasteiger partial charge in [-0.2, -0.15) is 0 Å². The van der Waals surface area contributed by atoms with Gasteiger partial charge in [-0.25, -0.2) is 0 Å². The molecular weight excluding hydrogens is 242 g/mol. The largest absolute Gasteiger partial charge is 0.371 e. The normalized spacial score (nSPS) is 16.2. The van der Waals surface area contributed by atoms with Gasteiger partial charge < -0.3 is 10.2 Å². The summed E-state index contributed by atoms with van der Waals surface area (Å²) in [4.78, 5) is 29.0. The van der Waals surface area contributed by atoms with E-state index in [9.17, 15) is 9.59 Å². The van der Waals surface area contributed by atoms with Crippen LogP contribution in [0.2, 0.25) is 0 Å². The molecule has 0 aliphatic heterocycles. The fourth-order valence-electron chi connectivity index (χ4n) is 2.41. The highest BCUT2D eigenvalue weighted by Crippen LogP contribution is 2.24. The number of ketones is 1. The topological polar surface area (TPSA) is 62.3 Å². The Labute approximate surface area is 113 Å². The minimum atomic E-state index is -0.186. The number of nitrogens with one attached hydrogen (secondary N) is 1. The Kier molecular flexibility index (Phi) is 4.14. The zero-order valence-electron chi connectivity index (χ0n) is 11.3. The maximum atomic E-state index is 11.6. The van der Waals surface area contributed by atoms with Crippen molar-refractivity contribution < 1.29 is 9.59 Å². The second kappa shape index (κ2) is 5.82. The minimum absolute atomic E-state index is 0.186. The molecule has 0 unspecified atom stereocenters. The third-order valence-corrected chi connectivity index (χ3v) is 3.67. The Morgan fingerprint density at radius 2 is 2.11 bits per heavy atom. The number of Topliss-reactive ketones (excluding diaryl/α,β-unsaturated/α-hetero) is 1. The van der Waals surface area contributed by atoms with E-state index < -0.39 is 0 Å². The molecule has 1 saturated carbocycles. The Morgan fingerprint density at radius 1 is 1.42 bits per heavy atom. The fraction of sp³-hybridized carbons (Fsp3) is 0.500. The lowest BCUT2D eigenvalue weighted by molar-refractivity contribution is -0.120. The first kappa shape index (κ1) is 13.5. The number of carbonyl (C=O) groups is 2. The van der Waals surface area contributed by atoms with Crippen molar-refractivity contribution in [2.45, 2.75) is 31.7 Å². The number of nitrogens with zero attached hydrogens (tertiary/aromatic N) is 2. The molecule has 5 heteroatoms. The first-order chi connectivity index (χ1) is 9.11. The maximum Gasteiger partial charge on any atom is 0.269 e. The van der Waals surface area contributed by atoms with Crippen molar-refractivity contribution >= 4 is 17.4 Å². The van der Waals surface area contributed by atoms with E-state index in [-0.39, 0.29) is 5.91 Å². The Bertz CT molecular complexity index is 477. The molecule has 1 aliphatic rings. The predicted molar refractivity (Wildman–Crippen MR) is 73.3 cm³/mol. The van der Waals surface area contributed by atoms with Crippen LogP contribution >= 0.6 is 0 Å². The van der Waals surface area contributed by atoms with Gasteiger partial charge in [0, 0.05) is 44.9 Å². The van der Waals surface area contributed by atoms with Gasteiger partial charge in [0.2, 0.25) is 0 Å². The number of pyridine rings is 1. The number of hydrogen-bond acceptors (Lipinski definition) is 4. The molecule has 1 N–H and O–H groups in total. The molecule has 0 bridgehead atoms. The van der Waals surface area contributed by atoms with E-state index in [1.807, 2.05) is 13.1 Å². The lowest BCUT2D eigenvalue weighted by atomic mass is 9.93. The summed E-state index contributed by atoms with van der Waals surface area (Å²) in [7, 11) is 3.59. The molecule has 0 atom stereocenters. The average molecular weight is 261 g/mol. The van der Waals surface area contributed by atoms with Gasteiger partial charge in [-0.3, -0.25) is 14.6 Å². The van der Waals surface area contributed by atoms with Crippen LogP contribution in [0.15, 0.2) is 18.3 Å². The van der Waals surface area contributed by atoms with Crippen LogP contribution < -0.4 is 10.2 Å². The number of aromatic nitrogens is 1. The third-order valence-electron chi connectivity index (χ3n) is 3.67. The van der Waals surface area contributed by atoms with Crippen molar-refractivity contribution in [2.24, 2.45) is 0 Å². The summed E-state index contributed by atoms with van der Waals surface area (Å²) in [6.07, 6.45) is 4.72. The van der Waals surface area contributed by atoms with Crippen LogP contribution in [-0.4, -0.2) is 36.8 Å². The molecular formula is C14H19N3O2. The van der Waals surface area contributed by atoms with Gasteiger partial charge in [0.15, 0.2) is 0 Å². The molecule has 102 valence electrons. The van der Waals surface area contributed by atoms with Crippen LogP contribution in [0.25, 0.3) is 0 Å². The summed E-state index contributed by atoms with van der Waals surface area (Å²) in [5.41, 5.74) is 1.38. The molecule has 0 radical (unpaired) electrons. The Hall–Kier alpha value is -1.91. The van der Waals surface area contributed by atoms with Gasteiger partial charge in [0.25, 0.3) is 5.91 Å². The highest BCUT2D eigenvalue weighted by atomic mass is 16.1. The van der Waals surface area contributed by atoms with E-state index in [1.165, 1.54) is 0 Å². The summed E-state index contributed by atoms with van der Waals surface area (Å²) in [5.74, 6) is 0.166. The minimum Gasteiger partial charge on any atom is -0.371 e. The van der Waals surface area contributed by atoms with Crippen LogP contribution in [-0.2, 0) is 4.79 Å². The SMILES string of the molecule is CNC(=O)c1cc(N(C)C2CCC(=O)CC2)ccn1. The van der Waals surface area contributed by atoms with Gasteiger partial charge in [-0.15, -0.1) is 0 Å². The Balaban J connectivity index is 2.12. The molecule has 5 nitrogen and oxygen atoms in total. The first-order valence-corrected chi connectivity index (χ1v) is 6.54. The van der Waals surface area contributed by atoms with Gasteiger partial charge >= 0.3 is 0 Å². The van der Waals surface area contributed by atoms with Gasteiger partial charge in [0.05, 0.1) is 0 Å². The van der Waals surface area contributed by atoms with Crippen LogP contribution in [0.4, 0.5) is 5.69 Å². The first-order valence-electron chi connectivity index (χ1n) is 6.54. The third kappa shape index (κ3) is 3.10. The van der Waals surface area contributed by atoms with Crippen molar-refractivity contribution in [1.29, 1.82) is 0 Å². The summed E-state index contributed by atoms with van der Waals surface area (Å²) >= 11 is 0. The number of rotatable bonds is 3. The van der Waals surface area contributed by atoms with Crippen LogP contribution in [0.1, 0.15) is 36.2 Å². The highest BCUT2D eigenvalue weighted by molar-refractivity contribution is 5.92. The summed E-state index contributed by atoms with van der Waals surface area (Å²) < 4.78 is 0. The van der Waals surface area contributed by atoms with Gasteiger partial charge in [0.1, 0.15) is 11.5 Å². The molecule has 1 aromatic heterocycles. The average Bonchev–Trinajstić information content (AvgIpc) is 2.46. The second-order valence-electron chi connectivity index (χ2n) is 4.86. The lowest BCUT2D eigenvalue weighted by Gasteiger charge is -2.32. The molecule has 1 aliphatic carbocycles. The van der Waals surface area contributed by atoms with E-state index in [0.29, 0.717) is 30.4 Å². The molecule has 0 aromatic carbocycles. The molecule has 1 fully saturated rings. The molecule has 0 saturated heterocycles. The monoisotopic (exact) mass is 261 g/mol. The Morgan fingerprint density at radius 3 is 2.74 bits per heavy atom. The van der Waals surface area contributed by atoms with Crippen molar-refractivity contribution in [3.8, 4) is 0 Å². The highest BCUT2D eigenvalue weighted by Gasteiger charge is 2.22. The molecule has 1 amide bonds.